The van der Waals surface area contributed by atoms with Gasteiger partial charge in [0.15, 0.2) is 12.4 Å². The molecule has 0 aliphatic rings. The highest BCUT2D eigenvalue weighted by atomic mass is 16.6. The third kappa shape index (κ3) is 5.62. The van der Waals surface area contributed by atoms with Crippen LogP contribution in [0.3, 0.4) is 0 Å². The summed E-state index contributed by atoms with van der Waals surface area (Å²) in [5, 5.41) is 25.1. The number of non-ortho nitro benzene ring substituents is 1. The van der Waals surface area contributed by atoms with Crippen molar-refractivity contribution in [3.05, 3.63) is 91.8 Å². The Morgan fingerprint density at radius 2 is 1.92 bits per heavy atom. The zero-order valence-electron chi connectivity index (χ0n) is 22.0. The second-order valence-corrected chi connectivity index (χ2v) is 9.03. The lowest BCUT2D eigenvalue weighted by atomic mass is 9.96. The molecular weight excluding hydrogens is 498 g/mol. The Morgan fingerprint density at radius 1 is 1.15 bits per heavy atom. The van der Waals surface area contributed by atoms with Crippen LogP contribution in [0.2, 0.25) is 0 Å². The van der Waals surface area contributed by atoms with Gasteiger partial charge in [-0.1, -0.05) is 26.0 Å². The van der Waals surface area contributed by atoms with Crippen LogP contribution in [-0.2, 0) is 0 Å². The Kier molecular flexibility index (Phi) is 8.01. The number of fused-ring (bicyclic) bond motifs is 1. The van der Waals surface area contributed by atoms with Crippen LogP contribution < -0.4 is 15.0 Å². The van der Waals surface area contributed by atoms with E-state index >= 15 is 0 Å². The van der Waals surface area contributed by atoms with Crippen LogP contribution in [0.5, 0.6) is 11.5 Å². The number of aromatic nitrogens is 2. The van der Waals surface area contributed by atoms with Gasteiger partial charge in [0, 0.05) is 23.3 Å². The first kappa shape index (κ1) is 27.0. The summed E-state index contributed by atoms with van der Waals surface area (Å²) >= 11 is 0. The second-order valence-electron chi connectivity index (χ2n) is 9.03. The van der Waals surface area contributed by atoms with Gasteiger partial charge in [-0.2, -0.15) is 15.0 Å². The lowest BCUT2D eigenvalue weighted by molar-refractivity contribution is -0.384. The SMILES string of the molecule is CCOc1cc(C)c(-c2nc3ccccc3c(=O)n2N=Cc2cc([N+](=O)[O-])ccc2OCC#N)cc1C(C)C. The zero-order chi connectivity index (χ0) is 28.1. The molecule has 10 nitrogen and oxygen atoms in total. The van der Waals surface area contributed by atoms with Crippen LogP contribution in [0, 0.1) is 28.4 Å². The van der Waals surface area contributed by atoms with Gasteiger partial charge in [-0.15, -0.1) is 0 Å². The van der Waals surface area contributed by atoms with Gasteiger partial charge >= 0.3 is 0 Å². The van der Waals surface area contributed by atoms with Crippen LogP contribution in [-0.4, -0.2) is 34.0 Å². The first-order valence-corrected chi connectivity index (χ1v) is 12.4. The molecule has 1 aromatic heterocycles. The molecule has 0 fully saturated rings. The summed E-state index contributed by atoms with van der Waals surface area (Å²) in [4.78, 5) is 29.3. The smallest absolute Gasteiger partial charge is 0.282 e. The van der Waals surface area contributed by atoms with Crippen LogP contribution in [0.15, 0.2) is 64.5 Å². The normalized spacial score (nSPS) is 11.2. The van der Waals surface area contributed by atoms with Gasteiger partial charge in [0.05, 0.1) is 28.6 Å². The summed E-state index contributed by atoms with van der Waals surface area (Å²) in [6.45, 7) is 8.20. The lowest BCUT2D eigenvalue weighted by Crippen LogP contribution is -2.21. The topological polar surface area (TPSA) is 133 Å². The van der Waals surface area contributed by atoms with Crippen molar-refractivity contribution in [2.24, 2.45) is 5.10 Å². The molecule has 0 aliphatic carbocycles. The van der Waals surface area contributed by atoms with Crippen molar-refractivity contribution >= 4 is 22.8 Å². The second kappa shape index (κ2) is 11.6. The fourth-order valence-corrected chi connectivity index (χ4v) is 4.19. The van der Waals surface area contributed by atoms with Crippen molar-refractivity contribution in [3.63, 3.8) is 0 Å². The number of rotatable bonds is 9. The highest BCUT2D eigenvalue weighted by molar-refractivity contribution is 5.85. The predicted octanol–water partition coefficient (Wildman–Crippen LogP) is 5.59. The van der Waals surface area contributed by atoms with E-state index in [9.17, 15) is 14.9 Å². The molecule has 0 atom stereocenters. The number of ether oxygens (including phenoxy) is 2. The molecule has 0 saturated carbocycles. The maximum Gasteiger partial charge on any atom is 0.282 e. The molecule has 0 N–H and O–H groups in total. The average Bonchev–Trinajstić information content (AvgIpc) is 2.91. The molecule has 0 amide bonds. The molecule has 4 aromatic rings. The number of benzene rings is 3. The van der Waals surface area contributed by atoms with Crippen molar-refractivity contribution in [3.8, 4) is 29.0 Å². The monoisotopic (exact) mass is 525 g/mol. The minimum absolute atomic E-state index is 0.139. The molecule has 0 unspecified atom stereocenters. The molecule has 0 bridgehead atoms. The first-order valence-electron chi connectivity index (χ1n) is 12.4. The van der Waals surface area contributed by atoms with Crippen molar-refractivity contribution in [2.45, 2.75) is 33.6 Å². The minimum atomic E-state index is -0.544. The Labute approximate surface area is 224 Å². The van der Waals surface area contributed by atoms with Crippen LogP contribution in [0.4, 0.5) is 5.69 Å². The highest BCUT2D eigenvalue weighted by Gasteiger charge is 2.19. The summed E-state index contributed by atoms with van der Waals surface area (Å²) in [7, 11) is 0. The summed E-state index contributed by atoms with van der Waals surface area (Å²) in [6.07, 6.45) is 1.30. The summed E-state index contributed by atoms with van der Waals surface area (Å²) in [6, 6.07) is 16.7. The Bertz CT molecular complexity index is 1680. The standard InChI is InChI=1S/C29H27N5O5/c1-5-38-27-14-19(4)24(16-23(27)18(2)3)28-32-25-9-7-6-8-22(25)29(35)33(28)31-17-20-15-21(34(36)37)10-11-26(20)39-13-12-30/h6-11,14-18H,5,13H2,1-4H3. The fraction of sp³-hybridized carbons (Fsp3) is 0.241. The van der Waals surface area contributed by atoms with E-state index < -0.39 is 10.5 Å². The van der Waals surface area contributed by atoms with E-state index in [0.29, 0.717) is 28.9 Å². The zero-order valence-corrected chi connectivity index (χ0v) is 22.0. The van der Waals surface area contributed by atoms with Crippen LogP contribution >= 0.6 is 0 Å². The number of nitro benzene ring substituents is 1. The molecule has 198 valence electrons. The third-order valence-corrected chi connectivity index (χ3v) is 6.08. The van der Waals surface area contributed by atoms with Gasteiger partial charge in [-0.3, -0.25) is 14.9 Å². The van der Waals surface area contributed by atoms with Gasteiger partial charge in [-0.05, 0) is 61.2 Å². The van der Waals surface area contributed by atoms with Gasteiger partial charge in [0.2, 0.25) is 0 Å². The van der Waals surface area contributed by atoms with Crippen molar-refractivity contribution in [1.82, 2.24) is 9.66 Å². The van der Waals surface area contributed by atoms with E-state index in [0.717, 1.165) is 16.9 Å². The van der Waals surface area contributed by atoms with Crippen molar-refractivity contribution in [2.75, 3.05) is 13.2 Å². The van der Waals surface area contributed by atoms with E-state index in [1.807, 2.05) is 32.0 Å². The van der Waals surface area contributed by atoms with Gasteiger partial charge in [0.25, 0.3) is 11.2 Å². The summed E-state index contributed by atoms with van der Waals surface area (Å²) < 4.78 is 12.5. The molecule has 0 saturated heterocycles. The van der Waals surface area contributed by atoms with Crippen LogP contribution in [0.1, 0.15) is 43.4 Å². The minimum Gasteiger partial charge on any atom is -0.494 e. The molecule has 10 heteroatoms. The number of hydrogen-bond acceptors (Lipinski definition) is 8. The maximum absolute atomic E-state index is 13.7. The maximum atomic E-state index is 13.7. The third-order valence-electron chi connectivity index (χ3n) is 6.08. The molecule has 1 heterocycles. The first-order chi connectivity index (χ1) is 18.7. The van der Waals surface area contributed by atoms with E-state index in [-0.39, 0.29) is 29.5 Å². The average molecular weight is 526 g/mol. The predicted molar refractivity (Wildman–Crippen MR) is 149 cm³/mol. The van der Waals surface area contributed by atoms with Gasteiger partial charge < -0.3 is 9.47 Å². The number of hydrogen-bond donors (Lipinski definition) is 0. The summed E-state index contributed by atoms with van der Waals surface area (Å²) in [5.74, 6) is 1.43. The van der Waals surface area contributed by atoms with E-state index in [1.165, 1.54) is 29.1 Å². The van der Waals surface area contributed by atoms with E-state index in [4.69, 9.17) is 19.7 Å². The summed E-state index contributed by atoms with van der Waals surface area (Å²) in [5.41, 5.74) is 2.64. The largest absolute Gasteiger partial charge is 0.494 e. The highest BCUT2D eigenvalue weighted by Crippen LogP contribution is 2.34. The number of nitriles is 1. The van der Waals surface area contributed by atoms with Crippen LogP contribution in [0.25, 0.3) is 22.3 Å². The quantitative estimate of drug-likeness (QED) is 0.158. The van der Waals surface area contributed by atoms with Gasteiger partial charge in [0.1, 0.15) is 17.6 Å². The number of nitro groups is 1. The molecule has 39 heavy (non-hydrogen) atoms. The Morgan fingerprint density at radius 3 is 2.62 bits per heavy atom. The molecule has 0 radical (unpaired) electrons. The Hall–Kier alpha value is -5.04. The lowest BCUT2D eigenvalue weighted by Gasteiger charge is -2.18. The molecule has 0 spiro atoms. The van der Waals surface area contributed by atoms with Crippen molar-refractivity contribution in [1.29, 1.82) is 5.26 Å². The fourth-order valence-electron chi connectivity index (χ4n) is 4.19. The van der Waals surface area contributed by atoms with E-state index in [1.54, 1.807) is 24.3 Å². The molecule has 3 aromatic carbocycles. The van der Waals surface area contributed by atoms with Gasteiger partial charge in [-0.25, -0.2) is 4.98 Å². The Balaban J connectivity index is 1.97. The number of aryl methyl sites for hydroxylation is 1. The number of nitrogens with zero attached hydrogens (tertiary/aromatic N) is 5. The molecular formula is C29H27N5O5. The van der Waals surface area contributed by atoms with E-state index in [2.05, 4.69) is 18.9 Å². The number of para-hydroxylation sites is 1. The molecule has 4 rings (SSSR count). The van der Waals surface area contributed by atoms with Crippen molar-refractivity contribution < 1.29 is 14.4 Å². The molecule has 0 aliphatic heterocycles.